The number of carboxylic acid groups (broad SMARTS) is 1. The molecule has 2 aromatic heterocycles. The van der Waals surface area contributed by atoms with Crippen LogP contribution in [0.1, 0.15) is 18.1 Å². The van der Waals surface area contributed by atoms with Gasteiger partial charge in [-0.1, -0.05) is 0 Å². The van der Waals surface area contributed by atoms with Gasteiger partial charge in [0.25, 0.3) is 0 Å². The minimum Gasteiger partial charge on any atom is -0.475 e. The summed E-state index contributed by atoms with van der Waals surface area (Å²) in [5.74, 6) is -2.57. The molecule has 4 heterocycles. The summed E-state index contributed by atoms with van der Waals surface area (Å²) in [5, 5.41) is 18.4. The van der Waals surface area contributed by atoms with Crippen LogP contribution >= 0.6 is 0 Å². The standard InChI is InChI=1S/C22H26FN7O.C2HF3O2/c1-13-11-29(9-7-24-13)18-4-6-25-21-16(18)5-8-30(21)22(31)26-17-10-15-12-28(3)27-20(15)14(2)19(17)23;3-2(4,5)1(6)7/h4,6,10,12-13,24H,5,7-9,11H2,1-3H3,(H,26,31);(H,6,7)/t13-;/m1./s1. The Balaban J connectivity index is 0.000000426. The highest BCUT2D eigenvalue weighted by Gasteiger charge is 2.38. The molecule has 1 atom stereocenters. The molecule has 3 N–H and O–H groups in total. The lowest BCUT2D eigenvalue weighted by Crippen LogP contribution is -2.49. The summed E-state index contributed by atoms with van der Waals surface area (Å²) in [4.78, 5) is 30.4. The van der Waals surface area contributed by atoms with Crippen molar-refractivity contribution in [2.24, 2.45) is 7.05 Å². The van der Waals surface area contributed by atoms with Crippen molar-refractivity contribution in [3.63, 3.8) is 0 Å². The van der Waals surface area contributed by atoms with Crippen LogP contribution in [0.15, 0.2) is 24.5 Å². The number of nitrogens with zero attached hydrogens (tertiary/aromatic N) is 5. The van der Waals surface area contributed by atoms with E-state index < -0.39 is 18.0 Å². The molecule has 10 nitrogen and oxygen atoms in total. The van der Waals surface area contributed by atoms with Crippen LogP contribution in [0.25, 0.3) is 10.9 Å². The molecule has 1 saturated heterocycles. The summed E-state index contributed by atoms with van der Waals surface area (Å²) < 4.78 is 48.3. The minimum absolute atomic E-state index is 0.156. The van der Waals surface area contributed by atoms with E-state index in [4.69, 9.17) is 9.90 Å². The molecule has 1 fully saturated rings. The molecule has 14 heteroatoms. The molecule has 204 valence electrons. The van der Waals surface area contributed by atoms with Gasteiger partial charge in [0.05, 0.1) is 11.2 Å². The van der Waals surface area contributed by atoms with Gasteiger partial charge in [0.1, 0.15) is 5.82 Å². The van der Waals surface area contributed by atoms with Crippen molar-refractivity contribution < 1.29 is 32.3 Å². The predicted octanol–water partition coefficient (Wildman–Crippen LogP) is 3.44. The Kier molecular flexibility index (Phi) is 7.44. The predicted molar refractivity (Wildman–Crippen MR) is 133 cm³/mol. The molecule has 38 heavy (non-hydrogen) atoms. The number of aryl methyl sites for hydroxylation is 2. The molecule has 0 saturated carbocycles. The van der Waals surface area contributed by atoms with Crippen molar-refractivity contribution in [1.29, 1.82) is 0 Å². The Morgan fingerprint density at radius 3 is 2.63 bits per heavy atom. The maximum absolute atomic E-state index is 14.9. The Morgan fingerprint density at radius 2 is 1.97 bits per heavy atom. The van der Waals surface area contributed by atoms with E-state index in [1.54, 1.807) is 35.8 Å². The molecule has 2 amide bonds. The number of aliphatic carboxylic acids is 1. The molecule has 2 aliphatic rings. The Hall–Kier alpha value is -3.94. The molecule has 1 aromatic carbocycles. The summed E-state index contributed by atoms with van der Waals surface area (Å²) >= 11 is 0. The van der Waals surface area contributed by atoms with Gasteiger partial charge in [-0.2, -0.15) is 18.3 Å². The number of nitrogens with one attached hydrogen (secondary N) is 2. The number of carboxylic acids is 1. The number of anilines is 3. The SMILES string of the molecule is Cc1c(F)c(NC(=O)N2CCc3c(N4CCN[C@H](C)C4)ccnc32)cc2cn(C)nc12.O=C(O)C(F)(F)F. The Morgan fingerprint density at radius 1 is 1.26 bits per heavy atom. The number of carbonyl (C=O) groups is 2. The molecule has 0 radical (unpaired) electrons. The number of halogens is 4. The molecule has 2 aliphatic heterocycles. The summed E-state index contributed by atoms with van der Waals surface area (Å²) in [7, 11) is 1.79. The largest absolute Gasteiger partial charge is 0.490 e. The zero-order valence-electron chi connectivity index (χ0n) is 20.9. The fourth-order valence-corrected chi connectivity index (χ4v) is 4.62. The topological polar surface area (TPSA) is 116 Å². The first kappa shape index (κ1) is 27.1. The summed E-state index contributed by atoms with van der Waals surface area (Å²) in [5.41, 5.74) is 3.38. The summed E-state index contributed by atoms with van der Waals surface area (Å²) in [6.45, 7) is 7.12. The van der Waals surface area contributed by atoms with Crippen LogP contribution < -0.4 is 20.4 Å². The monoisotopic (exact) mass is 537 g/mol. The van der Waals surface area contributed by atoms with E-state index in [0.717, 1.165) is 42.7 Å². The van der Waals surface area contributed by atoms with Crippen LogP contribution in [0.4, 0.5) is 39.5 Å². The molecule has 3 aromatic rings. The Labute approximate surface area is 215 Å². The number of aromatic nitrogens is 3. The van der Waals surface area contributed by atoms with E-state index in [-0.39, 0.29) is 11.7 Å². The number of pyridine rings is 1. The highest BCUT2D eigenvalue weighted by molar-refractivity contribution is 6.04. The van der Waals surface area contributed by atoms with E-state index in [1.165, 1.54) is 0 Å². The van der Waals surface area contributed by atoms with Crippen LogP contribution in [0.2, 0.25) is 0 Å². The molecular formula is C24H27F4N7O3. The highest BCUT2D eigenvalue weighted by atomic mass is 19.4. The summed E-state index contributed by atoms with van der Waals surface area (Å²) in [6, 6.07) is 3.69. The summed E-state index contributed by atoms with van der Waals surface area (Å²) in [6.07, 6.45) is -0.794. The highest BCUT2D eigenvalue weighted by Crippen LogP contribution is 2.35. The molecule has 5 rings (SSSR count). The quantitative estimate of drug-likeness (QED) is 0.429. The van der Waals surface area contributed by atoms with Gasteiger partial charge in [-0.25, -0.2) is 19.0 Å². The average Bonchev–Trinajstić information content (AvgIpc) is 3.45. The third-order valence-electron chi connectivity index (χ3n) is 6.37. The lowest BCUT2D eigenvalue weighted by molar-refractivity contribution is -0.192. The van der Waals surface area contributed by atoms with E-state index in [1.807, 2.05) is 12.3 Å². The molecular weight excluding hydrogens is 510 g/mol. The van der Waals surface area contributed by atoms with Crippen molar-refractivity contribution in [3.05, 3.63) is 41.5 Å². The van der Waals surface area contributed by atoms with E-state index in [9.17, 15) is 22.4 Å². The van der Waals surface area contributed by atoms with Crippen molar-refractivity contribution in [2.45, 2.75) is 32.5 Å². The van der Waals surface area contributed by atoms with E-state index >= 15 is 0 Å². The second-order valence-electron chi connectivity index (χ2n) is 9.17. The number of hydrogen-bond donors (Lipinski definition) is 3. The van der Waals surface area contributed by atoms with Crippen LogP contribution in [0.3, 0.4) is 0 Å². The van der Waals surface area contributed by atoms with Gasteiger partial charge in [0.2, 0.25) is 0 Å². The van der Waals surface area contributed by atoms with Gasteiger partial charge in [-0.05, 0) is 32.4 Å². The van der Waals surface area contributed by atoms with E-state index in [2.05, 4.69) is 32.5 Å². The number of piperazine rings is 1. The van der Waals surface area contributed by atoms with Crippen molar-refractivity contribution in [1.82, 2.24) is 20.1 Å². The third-order valence-corrected chi connectivity index (χ3v) is 6.37. The molecule has 0 spiro atoms. The maximum Gasteiger partial charge on any atom is 0.490 e. The zero-order valence-corrected chi connectivity index (χ0v) is 20.9. The van der Waals surface area contributed by atoms with E-state index in [0.29, 0.717) is 29.5 Å². The first-order valence-electron chi connectivity index (χ1n) is 11.8. The number of amides is 2. The fourth-order valence-electron chi connectivity index (χ4n) is 4.62. The number of carbonyl (C=O) groups excluding carboxylic acids is 1. The number of alkyl halides is 3. The average molecular weight is 538 g/mol. The lowest BCUT2D eigenvalue weighted by atomic mass is 10.1. The van der Waals surface area contributed by atoms with Crippen LogP contribution in [0.5, 0.6) is 0 Å². The smallest absolute Gasteiger partial charge is 0.475 e. The second kappa shape index (κ2) is 10.4. The maximum atomic E-state index is 14.9. The van der Waals surface area contributed by atoms with Crippen LogP contribution in [-0.4, -0.2) is 70.3 Å². The van der Waals surface area contributed by atoms with Crippen molar-refractivity contribution in [2.75, 3.05) is 41.3 Å². The van der Waals surface area contributed by atoms with Gasteiger partial charge in [-0.15, -0.1) is 0 Å². The second-order valence-corrected chi connectivity index (χ2v) is 9.17. The van der Waals surface area contributed by atoms with Gasteiger partial charge in [-0.3, -0.25) is 9.58 Å². The van der Waals surface area contributed by atoms with Gasteiger partial charge < -0.3 is 20.6 Å². The first-order chi connectivity index (χ1) is 17.9. The Bertz CT molecular complexity index is 1380. The molecule has 0 unspecified atom stereocenters. The number of rotatable bonds is 2. The van der Waals surface area contributed by atoms with Gasteiger partial charge in [0, 0.05) is 73.9 Å². The van der Waals surface area contributed by atoms with Crippen molar-refractivity contribution >= 4 is 40.1 Å². The minimum atomic E-state index is -5.08. The van der Waals surface area contributed by atoms with Crippen LogP contribution in [0, 0.1) is 12.7 Å². The molecule has 0 aliphatic carbocycles. The number of benzene rings is 1. The van der Waals surface area contributed by atoms with Crippen molar-refractivity contribution in [3.8, 4) is 0 Å². The number of fused-ring (bicyclic) bond motifs is 2. The van der Waals surface area contributed by atoms with Crippen LogP contribution in [-0.2, 0) is 18.3 Å². The first-order valence-corrected chi connectivity index (χ1v) is 11.8. The number of urea groups is 1. The number of hydrogen-bond acceptors (Lipinski definition) is 6. The lowest BCUT2D eigenvalue weighted by Gasteiger charge is -2.34. The molecule has 0 bridgehead atoms. The fraction of sp³-hybridized carbons (Fsp3) is 0.417. The third kappa shape index (κ3) is 5.49. The van der Waals surface area contributed by atoms with Gasteiger partial charge in [0.15, 0.2) is 5.82 Å². The zero-order chi connectivity index (χ0) is 27.8. The normalized spacial score (nSPS) is 17.2. The van der Waals surface area contributed by atoms with Gasteiger partial charge >= 0.3 is 18.2 Å².